The maximum absolute atomic E-state index is 9.36. The van der Waals surface area contributed by atoms with Crippen LogP contribution in [0.15, 0.2) is 18.3 Å². The molecule has 0 saturated heterocycles. The smallest absolute Gasteiger partial charge is 0.155 e. The Morgan fingerprint density at radius 1 is 1.19 bits per heavy atom. The number of nitrogens with zero attached hydrogens (tertiary/aromatic N) is 3. The van der Waals surface area contributed by atoms with E-state index in [2.05, 4.69) is 10.1 Å². The van der Waals surface area contributed by atoms with Gasteiger partial charge in [0.25, 0.3) is 0 Å². The summed E-state index contributed by atoms with van der Waals surface area (Å²) in [5.41, 5.74) is 0.818. The molecule has 1 fully saturated rings. The topological polar surface area (TPSA) is 50.4 Å². The van der Waals surface area contributed by atoms with Crippen LogP contribution in [0.3, 0.4) is 0 Å². The van der Waals surface area contributed by atoms with Crippen molar-refractivity contribution in [2.24, 2.45) is 0 Å². The van der Waals surface area contributed by atoms with Gasteiger partial charge in [0, 0.05) is 5.92 Å². The quantitative estimate of drug-likeness (QED) is 0.798. The second-order valence-corrected chi connectivity index (χ2v) is 4.50. The minimum Gasteiger partial charge on any atom is -0.506 e. The highest BCUT2D eigenvalue weighted by Gasteiger charge is 2.19. The first kappa shape index (κ1) is 9.63. The summed E-state index contributed by atoms with van der Waals surface area (Å²) in [6, 6.07) is 3.45. The van der Waals surface area contributed by atoms with Gasteiger partial charge in [0.1, 0.15) is 5.75 Å². The standard InChI is InChI=1S/C12H15N3O/c16-10-6-7-11-13-12(14-15(11)8-10)9-4-2-1-3-5-9/h6-9,16H,1-5H2. The van der Waals surface area contributed by atoms with Gasteiger partial charge >= 0.3 is 0 Å². The lowest BCUT2D eigenvalue weighted by Crippen LogP contribution is -2.06. The van der Waals surface area contributed by atoms with Crippen molar-refractivity contribution < 1.29 is 5.11 Å². The maximum atomic E-state index is 9.36. The van der Waals surface area contributed by atoms with Crippen molar-refractivity contribution in [2.45, 2.75) is 38.0 Å². The third-order valence-electron chi connectivity index (χ3n) is 3.30. The van der Waals surface area contributed by atoms with E-state index in [9.17, 15) is 5.11 Å². The molecular formula is C12H15N3O. The van der Waals surface area contributed by atoms with Crippen molar-refractivity contribution in [3.05, 3.63) is 24.2 Å². The highest BCUT2D eigenvalue weighted by atomic mass is 16.3. The van der Waals surface area contributed by atoms with Gasteiger partial charge in [0.2, 0.25) is 0 Å². The zero-order valence-corrected chi connectivity index (χ0v) is 9.13. The highest BCUT2D eigenvalue weighted by Crippen LogP contribution is 2.30. The molecule has 0 unspecified atom stereocenters. The van der Waals surface area contributed by atoms with E-state index in [0.29, 0.717) is 5.92 Å². The van der Waals surface area contributed by atoms with Crippen LogP contribution in [0, 0.1) is 0 Å². The Balaban J connectivity index is 1.97. The Labute approximate surface area is 93.9 Å². The SMILES string of the molecule is Oc1ccc2nc(C3CCCCC3)nn2c1. The molecule has 4 heteroatoms. The second-order valence-electron chi connectivity index (χ2n) is 4.50. The monoisotopic (exact) mass is 217 g/mol. The molecule has 16 heavy (non-hydrogen) atoms. The molecule has 0 aromatic carbocycles. The summed E-state index contributed by atoms with van der Waals surface area (Å²) in [4.78, 5) is 4.52. The fourth-order valence-corrected chi connectivity index (χ4v) is 2.42. The predicted octanol–water partition coefficient (Wildman–Crippen LogP) is 2.48. The molecule has 2 aromatic rings. The average molecular weight is 217 g/mol. The fraction of sp³-hybridized carbons (Fsp3) is 0.500. The molecule has 0 aliphatic heterocycles. The van der Waals surface area contributed by atoms with E-state index in [4.69, 9.17) is 0 Å². The van der Waals surface area contributed by atoms with Crippen LogP contribution in [0.25, 0.3) is 5.65 Å². The number of aromatic nitrogens is 3. The number of aromatic hydroxyl groups is 1. The minimum atomic E-state index is 0.229. The molecule has 0 spiro atoms. The molecule has 1 N–H and O–H groups in total. The van der Waals surface area contributed by atoms with Gasteiger partial charge in [0.05, 0.1) is 6.20 Å². The van der Waals surface area contributed by atoms with Crippen LogP contribution < -0.4 is 0 Å². The first-order chi connectivity index (χ1) is 7.83. The fourth-order valence-electron chi connectivity index (χ4n) is 2.42. The lowest BCUT2D eigenvalue weighted by atomic mass is 9.89. The van der Waals surface area contributed by atoms with Crippen molar-refractivity contribution in [3.8, 4) is 5.75 Å². The van der Waals surface area contributed by atoms with Crippen LogP contribution in [0.2, 0.25) is 0 Å². The number of rotatable bonds is 1. The van der Waals surface area contributed by atoms with Gasteiger partial charge in [-0.3, -0.25) is 0 Å². The molecule has 1 aliphatic rings. The third-order valence-corrected chi connectivity index (χ3v) is 3.30. The van der Waals surface area contributed by atoms with E-state index in [1.807, 2.05) is 0 Å². The van der Waals surface area contributed by atoms with Gasteiger partial charge in [0.15, 0.2) is 11.5 Å². The molecule has 4 nitrogen and oxygen atoms in total. The maximum Gasteiger partial charge on any atom is 0.155 e. The predicted molar refractivity (Wildman–Crippen MR) is 60.5 cm³/mol. The molecule has 2 heterocycles. The normalized spacial score (nSPS) is 18.0. The van der Waals surface area contributed by atoms with Crippen LogP contribution >= 0.6 is 0 Å². The molecule has 1 saturated carbocycles. The van der Waals surface area contributed by atoms with Crippen molar-refractivity contribution in [3.63, 3.8) is 0 Å². The largest absolute Gasteiger partial charge is 0.506 e. The van der Waals surface area contributed by atoms with Crippen LogP contribution in [0.4, 0.5) is 0 Å². The van der Waals surface area contributed by atoms with E-state index in [-0.39, 0.29) is 5.75 Å². The van der Waals surface area contributed by atoms with E-state index < -0.39 is 0 Å². The summed E-state index contributed by atoms with van der Waals surface area (Å²) in [7, 11) is 0. The molecule has 0 atom stereocenters. The lowest BCUT2D eigenvalue weighted by molar-refractivity contribution is 0.428. The Hall–Kier alpha value is -1.58. The zero-order valence-electron chi connectivity index (χ0n) is 9.13. The van der Waals surface area contributed by atoms with Gasteiger partial charge in [-0.1, -0.05) is 19.3 Å². The Morgan fingerprint density at radius 2 is 2.00 bits per heavy atom. The summed E-state index contributed by atoms with van der Waals surface area (Å²) >= 11 is 0. The van der Waals surface area contributed by atoms with E-state index >= 15 is 0 Å². The second kappa shape index (κ2) is 3.77. The summed E-state index contributed by atoms with van der Waals surface area (Å²) in [5, 5.41) is 13.8. The molecular weight excluding hydrogens is 202 g/mol. The van der Waals surface area contributed by atoms with Crippen molar-refractivity contribution in [1.29, 1.82) is 0 Å². The first-order valence-electron chi connectivity index (χ1n) is 5.88. The number of hydrogen-bond donors (Lipinski definition) is 1. The van der Waals surface area contributed by atoms with Gasteiger partial charge in [-0.2, -0.15) is 5.10 Å². The van der Waals surface area contributed by atoms with Gasteiger partial charge in [-0.05, 0) is 25.0 Å². The molecule has 0 bridgehead atoms. The molecule has 1 aliphatic carbocycles. The summed E-state index contributed by atoms with van der Waals surface area (Å²) in [6.45, 7) is 0. The molecule has 84 valence electrons. The third kappa shape index (κ3) is 1.64. The van der Waals surface area contributed by atoms with Crippen LogP contribution in [0.5, 0.6) is 5.75 Å². The Morgan fingerprint density at radius 3 is 2.81 bits per heavy atom. The number of hydrogen-bond acceptors (Lipinski definition) is 3. The Bertz CT molecular complexity index is 500. The average Bonchev–Trinajstić information content (AvgIpc) is 2.73. The van der Waals surface area contributed by atoms with Crippen LogP contribution in [-0.4, -0.2) is 19.7 Å². The molecule has 0 amide bonds. The minimum absolute atomic E-state index is 0.229. The lowest BCUT2D eigenvalue weighted by Gasteiger charge is -2.17. The van der Waals surface area contributed by atoms with Crippen molar-refractivity contribution >= 4 is 5.65 Å². The molecule has 2 aromatic heterocycles. The van der Waals surface area contributed by atoms with E-state index in [0.717, 1.165) is 11.5 Å². The molecule has 0 radical (unpaired) electrons. The number of fused-ring (bicyclic) bond motifs is 1. The summed E-state index contributed by atoms with van der Waals surface area (Å²) in [6.07, 6.45) is 7.90. The van der Waals surface area contributed by atoms with Gasteiger partial charge in [-0.15, -0.1) is 0 Å². The van der Waals surface area contributed by atoms with Crippen LogP contribution in [-0.2, 0) is 0 Å². The van der Waals surface area contributed by atoms with Crippen molar-refractivity contribution in [1.82, 2.24) is 14.6 Å². The van der Waals surface area contributed by atoms with Gasteiger partial charge in [-0.25, -0.2) is 9.50 Å². The molecule has 3 rings (SSSR count). The zero-order chi connectivity index (χ0) is 11.0. The Kier molecular flexibility index (Phi) is 2.27. The van der Waals surface area contributed by atoms with Gasteiger partial charge < -0.3 is 5.11 Å². The van der Waals surface area contributed by atoms with Crippen molar-refractivity contribution in [2.75, 3.05) is 0 Å². The van der Waals surface area contributed by atoms with E-state index in [1.165, 1.54) is 32.1 Å². The number of pyridine rings is 1. The first-order valence-corrected chi connectivity index (χ1v) is 5.88. The summed E-state index contributed by atoms with van der Waals surface area (Å²) in [5.74, 6) is 1.67. The van der Waals surface area contributed by atoms with E-state index in [1.54, 1.807) is 22.8 Å². The summed E-state index contributed by atoms with van der Waals surface area (Å²) < 4.78 is 1.67. The highest BCUT2D eigenvalue weighted by molar-refractivity contribution is 5.40. The van der Waals surface area contributed by atoms with Crippen LogP contribution in [0.1, 0.15) is 43.8 Å².